The third-order valence-corrected chi connectivity index (χ3v) is 3.41. The Bertz CT molecular complexity index is 294. The van der Waals surface area contributed by atoms with Crippen LogP contribution in [0.5, 0.6) is 0 Å². The summed E-state index contributed by atoms with van der Waals surface area (Å²) in [5.41, 5.74) is 5.65. The lowest BCUT2D eigenvalue weighted by atomic mass is 9.95. The van der Waals surface area contributed by atoms with E-state index < -0.39 is 0 Å². The summed E-state index contributed by atoms with van der Waals surface area (Å²) in [6.07, 6.45) is 3.06. The van der Waals surface area contributed by atoms with E-state index in [9.17, 15) is 9.59 Å². The average molecular weight is 256 g/mol. The van der Waals surface area contributed by atoms with E-state index in [1.54, 1.807) is 14.1 Å². The van der Waals surface area contributed by atoms with E-state index >= 15 is 0 Å². The van der Waals surface area contributed by atoms with Crippen molar-refractivity contribution in [3.63, 3.8) is 0 Å². The fraction of sp³-hybridized carbons (Fsp3) is 0.833. The number of nitrogens with two attached hydrogens (primary N) is 1. The predicted molar refractivity (Wildman–Crippen MR) is 70.0 cm³/mol. The molecule has 0 bridgehead atoms. The van der Waals surface area contributed by atoms with Gasteiger partial charge in [0.2, 0.25) is 5.91 Å². The van der Waals surface area contributed by atoms with Crippen LogP contribution in [0.15, 0.2) is 0 Å². The molecule has 0 aliphatic heterocycles. The first-order chi connectivity index (χ1) is 8.56. The van der Waals surface area contributed by atoms with Crippen LogP contribution in [0.2, 0.25) is 0 Å². The Hall–Kier alpha value is -1.30. The second kappa shape index (κ2) is 7.20. The molecule has 1 aliphatic rings. The molecule has 1 saturated carbocycles. The van der Waals surface area contributed by atoms with Crippen molar-refractivity contribution < 1.29 is 9.59 Å². The quantitative estimate of drug-likeness (QED) is 0.593. The van der Waals surface area contributed by atoms with Crippen molar-refractivity contribution in [1.29, 1.82) is 0 Å². The summed E-state index contributed by atoms with van der Waals surface area (Å²) in [5.74, 6) is 0.447. The van der Waals surface area contributed by atoms with Gasteiger partial charge in [-0.25, -0.2) is 4.79 Å². The van der Waals surface area contributed by atoms with Crippen LogP contribution in [0.25, 0.3) is 0 Å². The largest absolute Gasteiger partial charge is 0.354 e. The van der Waals surface area contributed by atoms with E-state index in [-0.39, 0.29) is 17.9 Å². The highest BCUT2D eigenvalue weighted by atomic mass is 16.2. The minimum absolute atomic E-state index is 0.0551. The molecular weight excluding hydrogens is 232 g/mol. The van der Waals surface area contributed by atoms with Crippen molar-refractivity contribution in [2.45, 2.75) is 19.3 Å². The van der Waals surface area contributed by atoms with Crippen LogP contribution in [0.4, 0.5) is 4.79 Å². The van der Waals surface area contributed by atoms with Crippen molar-refractivity contribution in [2.24, 2.45) is 17.6 Å². The topological polar surface area (TPSA) is 87.5 Å². The first-order valence-corrected chi connectivity index (χ1v) is 6.49. The second-order valence-corrected chi connectivity index (χ2v) is 4.95. The highest BCUT2D eigenvalue weighted by Gasteiger charge is 2.31. The Morgan fingerprint density at radius 2 is 1.89 bits per heavy atom. The van der Waals surface area contributed by atoms with Crippen LogP contribution in [-0.4, -0.2) is 50.6 Å². The van der Waals surface area contributed by atoms with Crippen LogP contribution in [0.3, 0.4) is 0 Å². The number of nitrogens with one attached hydrogen (secondary N) is 2. The maximum Gasteiger partial charge on any atom is 0.316 e. The molecule has 0 aromatic heterocycles. The maximum absolute atomic E-state index is 11.9. The van der Waals surface area contributed by atoms with Crippen LogP contribution in [0, 0.1) is 11.8 Å². The maximum atomic E-state index is 11.9. The standard InChI is InChI=1S/C12H24N4O2/c1-16(2)12(18)15-7-6-14-11(17)10-5-3-4-9(10)8-13/h9-10H,3-8,13H2,1-2H3,(H,14,17)(H,15,18). The molecule has 6 heteroatoms. The summed E-state index contributed by atoms with van der Waals surface area (Å²) < 4.78 is 0. The molecule has 3 amide bonds. The summed E-state index contributed by atoms with van der Waals surface area (Å²) in [5, 5.41) is 5.56. The van der Waals surface area contributed by atoms with E-state index in [0.29, 0.717) is 25.6 Å². The highest BCUT2D eigenvalue weighted by molar-refractivity contribution is 5.79. The lowest BCUT2D eigenvalue weighted by Crippen LogP contribution is -2.42. The summed E-state index contributed by atoms with van der Waals surface area (Å²) >= 11 is 0. The fourth-order valence-electron chi connectivity index (χ4n) is 2.31. The van der Waals surface area contributed by atoms with Gasteiger partial charge in [0.25, 0.3) is 0 Å². The molecule has 0 aromatic carbocycles. The summed E-state index contributed by atoms with van der Waals surface area (Å²) in [6, 6.07) is -0.148. The zero-order valence-electron chi connectivity index (χ0n) is 11.2. The molecule has 0 radical (unpaired) electrons. The fourth-order valence-corrected chi connectivity index (χ4v) is 2.31. The molecule has 4 N–H and O–H groups in total. The van der Waals surface area contributed by atoms with Crippen LogP contribution < -0.4 is 16.4 Å². The molecule has 1 fully saturated rings. The molecule has 6 nitrogen and oxygen atoms in total. The normalized spacial score (nSPS) is 22.6. The van der Waals surface area contributed by atoms with E-state index in [2.05, 4.69) is 10.6 Å². The van der Waals surface area contributed by atoms with Crippen LogP contribution >= 0.6 is 0 Å². The zero-order chi connectivity index (χ0) is 13.5. The average Bonchev–Trinajstić information content (AvgIpc) is 2.82. The smallest absolute Gasteiger partial charge is 0.316 e. The van der Waals surface area contributed by atoms with Gasteiger partial charge in [0.1, 0.15) is 0 Å². The van der Waals surface area contributed by atoms with E-state index in [1.165, 1.54) is 4.90 Å². The van der Waals surface area contributed by atoms with Gasteiger partial charge in [-0.2, -0.15) is 0 Å². The lowest BCUT2D eigenvalue weighted by Gasteiger charge is -2.18. The Balaban J connectivity index is 2.19. The Kier molecular flexibility index (Phi) is 5.91. The van der Waals surface area contributed by atoms with Gasteiger partial charge in [-0.3, -0.25) is 4.79 Å². The molecule has 104 valence electrons. The van der Waals surface area contributed by atoms with Crippen molar-refractivity contribution >= 4 is 11.9 Å². The SMILES string of the molecule is CN(C)C(=O)NCCNC(=O)C1CCCC1CN. The van der Waals surface area contributed by atoms with Crippen LogP contribution in [0.1, 0.15) is 19.3 Å². The summed E-state index contributed by atoms with van der Waals surface area (Å²) in [4.78, 5) is 24.6. The molecule has 0 spiro atoms. The van der Waals surface area contributed by atoms with Gasteiger partial charge in [-0.1, -0.05) is 6.42 Å². The Morgan fingerprint density at radius 3 is 2.50 bits per heavy atom. The summed E-state index contributed by atoms with van der Waals surface area (Å²) in [7, 11) is 3.36. The van der Waals surface area contributed by atoms with Gasteiger partial charge in [0.15, 0.2) is 0 Å². The number of amides is 3. The number of hydrogen-bond acceptors (Lipinski definition) is 3. The van der Waals surface area contributed by atoms with Gasteiger partial charge < -0.3 is 21.3 Å². The highest BCUT2D eigenvalue weighted by Crippen LogP contribution is 2.30. The third kappa shape index (κ3) is 4.18. The molecule has 2 atom stereocenters. The van der Waals surface area contributed by atoms with Crippen LogP contribution in [-0.2, 0) is 4.79 Å². The zero-order valence-corrected chi connectivity index (χ0v) is 11.2. The minimum Gasteiger partial charge on any atom is -0.354 e. The third-order valence-electron chi connectivity index (χ3n) is 3.41. The van der Waals surface area contributed by atoms with Gasteiger partial charge in [-0.15, -0.1) is 0 Å². The molecule has 18 heavy (non-hydrogen) atoms. The predicted octanol–water partition coefficient (Wildman–Crippen LogP) is -0.251. The Labute approximate surface area is 108 Å². The molecular formula is C12H24N4O2. The Morgan fingerprint density at radius 1 is 1.22 bits per heavy atom. The van der Waals surface area contributed by atoms with Gasteiger partial charge >= 0.3 is 6.03 Å². The van der Waals surface area contributed by atoms with Crippen molar-refractivity contribution in [1.82, 2.24) is 15.5 Å². The van der Waals surface area contributed by atoms with E-state index in [0.717, 1.165) is 19.3 Å². The first kappa shape index (κ1) is 14.8. The van der Waals surface area contributed by atoms with Gasteiger partial charge in [0.05, 0.1) is 0 Å². The molecule has 1 rings (SSSR count). The summed E-state index contributed by atoms with van der Waals surface area (Å²) in [6.45, 7) is 1.49. The molecule has 0 saturated heterocycles. The molecule has 2 unspecified atom stereocenters. The first-order valence-electron chi connectivity index (χ1n) is 6.49. The molecule has 0 aromatic rings. The minimum atomic E-state index is -0.148. The molecule has 0 heterocycles. The monoisotopic (exact) mass is 256 g/mol. The van der Waals surface area contributed by atoms with Gasteiger partial charge in [-0.05, 0) is 25.3 Å². The van der Waals surface area contributed by atoms with E-state index in [1.807, 2.05) is 0 Å². The number of urea groups is 1. The lowest BCUT2D eigenvalue weighted by molar-refractivity contribution is -0.125. The number of carbonyl (C=O) groups is 2. The number of rotatable bonds is 5. The van der Waals surface area contributed by atoms with E-state index in [4.69, 9.17) is 5.73 Å². The van der Waals surface area contributed by atoms with Crippen molar-refractivity contribution in [2.75, 3.05) is 33.7 Å². The van der Waals surface area contributed by atoms with Crippen molar-refractivity contribution in [3.05, 3.63) is 0 Å². The number of hydrogen-bond donors (Lipinski definition) is 3. The molecule has 1 aliphatic carbocycles. The number of nitrogens with zero attached hydrogens (tertiary/aromatic N) is 1. The van der Waals surface area contributed by atoms with Gasteiger partial charge in [0, 0.05) is 33.1 Å². The second-order valence-electron chi connectivity index (χ2n) is 4.95. The number of carbonyl (C=O) groups excluding carboxylic acids is 2. The van der Waals surface area contributed by atoms with Crippen molar-refractivity contribution in [3.8, 4) is 0 Å².